The van der Waals surface area contributed by atoms with Gasteiger partial charge in [0.2, 0.25) is 5.88 Å². The first-order valence-corrected chi connectivity index (χ1v) is 9.72. The summed E-state index contributed by atoms with van der Waals surface area (Å²) >= 11 is 0. The number of rotatable bonds is 15. The van der Waals surface area contributed by atoms with Crippen LogP contribution in [0.15, 0.2) is 11.0 Å². The second kappa shape index (κ2) is 13.3. The maximum absolute atomic E-state index is 11.4. The summed E-state index contributed by atoms with van der Waals surface area (Å²) in [7, 11) is 0. The molecule has 0 atom stereocenters. The van der Waals surface area contributed by atoms with Crippen LogP contribution in [0.4, 0.5) is 0 Å². The molecule has 1 rings (SSSR count). The summed E-state index contributed by atoms with van der Waals surface area (Å²) in [6.07, 6.45) is 20.2. The Bertz CT molecular complexity index is 437. The monoisotopic (exact) mass is 324 g/mol. The van der Waals surface area contributed by atoms with E-state index in [2.05, 4.69) is 11.9 Å². The zero-order valence-electron chi connectivity index (χ0n) is 15.0. The van der Waals surface area contributed by atoms with Crippen molar-refractivity contribution in [1.82, 2.24) is 9.55 Å². The van der Waals surface area contributed by atoms with E-state index in [1.165, 1.54) is 83.2 Å². The molecule has 0 unspecified atom stereocenters. The third kappa shape index (κ3) is 10.2. The van der Waals surface area contributed by atoms with Gasteiger partial charge in [-0.15, -0.1) is 0 Å². The van der Waals surface area contributed by atoms with Crippen LogP contribution in [0, 0.1) is 0 Å². The summed E-state index contributed by atoms with van der Waals surface area (Å²) in [5.74, 6) is -0.0413. The van der Waals surface area contributed by atoms with E-state index in [0.717, 1.165) is 12.8 Å². The SMILES string of the molecule is CCCCCCCCCCCCCCCCn1cc(O)[nH]c1=O. The van der Waals surface area contributed by atoms with E-state index < -0.39 is 0 Å². The minimum absolute atomic E-state index is 0.0413. The summed E-state index contributed by atoms with van der Waals surface area (Å²) in [4.78, 5) is 13.7. The van der Waals surface area contributed by atoms with Gasteiger partial charge in [-0.25, -0.2) is 4.79 Å². The van der Waals surface area contributed by atoms with Crippen molar-refractivity contribution in [2.24, 2.45) is 0 Å². The molecule has 1 heterocycles. The van der Waals surface area contributed by atoms with Gasteiger partial charge >= 0.3 is 5.69 Å². The molecule has 0 aliphatic carbocycles. The van der Waals surface area contributed by atoms with Gasteiger partial charge in [0.05, 0.1) is 6.20 Å². The largest absolute Gasteiger partial charge is 0.493 e. The molecular formula is C19H36N2O2. The lowest BCUT2D eigenvalue weighted by molar-refractivity contribution is 0.454. The van der Waals surface area contributed by atoms with E-state index in [1.54, 1.807) is 4.57 Å². The van der Waals surface area contributed by atoms with E-state index in [9.17, 15) is 9.90 Å². The van der Waals surface area contributed by atoms with Gasteiger partial charge in [-0.2, -0.15) is 0 Å². The van der Waals surface area contributed by atoms with Gasteiger partial charge < -0.3 is 5.11 Å². The third-order valence-electron chi connectivity index (χ3n) is 4.53. The lowest BCUT2D eigenvalue weighted by Crippen LogP contribution is -2.15. The minimum Gasteiger partial charge on any atom is -0.493 e. The molecule has 0 aromatic carbocycles. The summed E-state index contributed by atoms with van der Waals surface area (Å²) < 4.78 is 1.55. The number of aryl methyl sites for hydroxylation is 1. The number of hydrogen-bond acceptors (Lipinski definition) is 2. The molecule has 134 valence electrons. The molecule has 1 aromatic heterocycles. The first-order chi connectivity index (χ1) is 11.2. The Hall–Kier alpha value is -1.19. The molecule has 0 saturated heterocycles. The fourth-order valence-electron chi connectivity index (χ4n) is 3.06. The Labute approximate surface area is 141 Å². The van der Waals surface area contributed by atoms with Crippen LogP contribution in [0.3, 0.4) is 0 Å². The average Bonchev–Trinajstić information content (AvgIpc) is 2.85. The van der Waals surface area contributed by atoms with Gasteiger partial charge in [-0.1, -0.05) is 90.4 Å². The highest BCUT2D eigenvalue weighted by Gasteiger charge is 2.00. The van der Waals surface area contributed by atoms with Crippen molar-refractivity contribution < 1.29 is 5.11 Å². The number of imidazole rings is 1. The van der Waals surface area contributed by atoms with Crippen molar-refractivity contribution in [1.29, 1.82) is 0 Å². The van der Waals surface area contributed by atoms with Gasteiger partial charge in [0, 0.05) is 6.54 Å². The van der Waals surface area contributed by atoms with Crippen LogP contribution in [0.2, 0.25) is 0 Å². The number of aromatic amines is 1. The quantitative estimate of drug-likeness (QED) is 0.426. The Morgan fingerprint density at radius 1 is 0.826 bits per heavy atom. The highest BCUT2D eigenvalue weighted by Crippen LogP contribution is 2.13. The van der Waals surface area contributed by atoms with Crippen LogP contribution >= 0.6 is 0 Å². The molecule has 0 radical (unpaired) electrons. The summed E-state index contributed by atoms with van der Waals surface area (Å²) in [5, 5.41) is 9.17. The molecule has 23 heavy (non-hydrogen) atoms. The van der Waals surface area contributed by atoms with Crippen molar-refractivity contribution in [2.45, 2.75) is 103 Å². The van der Waals surface area contributed by atoms with Gasteiger partial charge in [0.25, 0.3) is 0 Å². The Balaban J connectivity index is 1.80. The molecule has 4 nitrogen and oxygen atoms in total. The second-order valence-electron chi connectivity index (χ2n) is 6.73. The molecule has 0 saturated carbocycles. The summed E-state index contributed by atoms with van der Waals surface area (Å²) in [5.41, 5.74) is -0.211. The number of hydrogen-bond donors (Lipinski definition) is 2. The lowest BCUT2D eigenvalue weighted by atomic mass is 10.0. The van der Waals surface area contributed by atoms with Crippen LogP contribution in [0.25, 0.3) is 0 Å². The van der Waals surface area contributed by atoms with Crippen molar-refractivity contribution >= 4 is 0 Å². The van der Waals surface area contributed by atoms with Crippen molar-refractivity contribution in [3.63, 3.8) is 0 Å². The Kier molecular flexibility index (Phi) is 11.5. The van der Waals surface area contributed by atoms with E-state index in [1.807, 2.05) is 0 Å². The van der Waals surface area contributed by atoms with Gasteiger partial charge in [-0.05, 0) is 6.42 Å². The zero-order chi connectivity index (χ0) is 16.8. The smallest absolute Gasteiger partial charge is 0.328 e. The number of aromatic nitrogens is 2. The van der Waals surface area contributed by atoms with Crippen LogP contribution in [0.1, 0.15) is 96.8 Å². The highest BCUT2D eigenvalue weighted by molar-refractivity contribution is 5.00. The standard InChI is InChI=1S/C19H36N2O2/c1-2-3-4-5-6-7-8-9-10-11-12-13-14-15-16-21-17-18(22)20-19(21)23/h17,22H,2-16H2,1H3,(H,20,23). The minimum atomic E-state index is -0.211. The Morgan fingerprint density at radius 3 is 1.65 bits per heavy atom. The first kappa shape index (κ1) is 19.9. The van der Waals surface area contributed by atoms with Crippen molar-refractivity contribution in [3.8, 4) is 5.88 Å². The van der Waals surface area contributed by atoms with E-state index in [4.69, 9.17) is 0 Å². The molecule has 4 heteroatoms. The number of nitrogens with one attached hydrogen (secondary N) is 1. The van der Waals surface area contributed by atoms with Crippen LogP contribution in [-0.2, 0) is 6.54 Å². The molecule has 2 N–H and O–H groups in total. The summed E-state index contributed by atoms with van der Waals surface area (Å²) in [6.45, 7) is 2.97. The molecule has 0 spiro atoms. The number of unbranched alkanes of at least 4 members (excludes halogenated alkanes) is 13. The fraction of sp³-hybridized carbons (Fsp3) is 0.842. The lowest BCUT2D eigenvalue weighted by Gasteiger charge is -2.03. The fourth-order valence-corrected chi connectivity index (χ4v) is 3.06. The van der Waals surface area contributed by atoms with Gasteiger partial charge in [-0.3, -0.25) is 9.55 Å². The van der Waals surface area contributed by atoms with Crippen LogP contribution in [0.5, 0.6) is 5.88 Å². The maximum atomic E-state index is 11.4. The molecule has 1 aromatic rings. The number of aromatic hydroxyl groups is 1. The zero-order valence-corrected chi connectivity index (χ0v) is 15.0. The highest BCUT2D eigenvalue weighted by atomic mass is 16.3. The maximum Gasteiger partial charge on any atom is 0.328 e. The van der Waals surface area contributed by atoms with Crippen molar-refractivity contribution in [2.75, 3.05) is 0 Å². The molecule has 0 bridgehead atoms. The molecular weight excluding hydrogens is 288 g/mol. The molecule has 0 aliphatic heterocycles. The van der Waals surface area contributed by atoms with Crippen molar-refractivity contribution in [3.05, 3.63) is 16.7 Å². The van der Waals surface area contributed by atoms with Gasteiger partial charge in [0.15, 0.2) is 0 Å². The molecule has 0 aliphatic rings. The number of nitrogens with zero attached hydrogens (tertiary/aromatic N) is 1. The summed E-state index contributed by atoms with van der Waals surface area (Å²) in [6, 6.07) is 0. The predicted octanol–water partition coefficient (Wildman–Crippen LogP) is 5.36. The molecule has 0 amide bonds. The van der Waals surface area contributed by atoms with Gasteiger partial charge in [0.1, 0.15) is 0 Å². The topological polar surface area (TPSA) is 58.0 Å². The number of H-pyrrole nitrogens is 1. The first-order valence-electron chi connectivity index (χ1n) is 9.72. The van der Waals surface area contributed by atoms with E-state index in [0.29, 0.717) is 6.54 Å². The predicted molar refractivity (Wildman–Crippen MR) is 97.0 cm³/mol. The molecule has 0 fully saturated rings. The van der Waals surface area contributed by atoms with Crippen LogP contribution < -0.4 is 5.69 Å². The normalized spacial score (nSPS) is 11.2. The third-order valence-corrected chi connectivity index (χ3v) is 4.53. The van der Waals surface area contributed by atoms with Crippen LogP contribution in [-0.4, -0.2) is 14.7 Å². The van der Waals surface area contributed by atoms with E-state index >= 15 is 0 Å². The Morgan fingerprint density at radius 2 is 1.26 bits per heavy atom. The second-order valence-corrected chi connectivity index (χ2v) is 6.73. The average molecular weight is 325 g/mol. The van der Waals surface area contributed by atoms with E-state index in [-0.39, 0.29) is 11.6 Å².